The van der Waals surface area contributed by atoms with Crippen molar-refractivity contribution in [1.29, 1.82) is 0 Å². The molecule has 1 fully saturated rings. The fourth-order valence-corrected chi connectivity index (χ4v) is 4.02. The minimum absolute atomic E-state index is 0.105. The van der Waals surface area contributed by atoms with E-state index in [1.807, 2.05) is 0 Å². The first-order valence-electron chi connectivity index (χ1n) is 9.53. The maximum atomic E-state index is 12.9. The molecule has 7 heteroatoms. The number of carbonyl (C=O) groups is 3. The molecule has 0 aliphatic carbocycles. The summed E-state index contributed by atoms with van der Waals surface area (Å²) < 4.78 is 10.5. The quantitative estimate of drug-likeness (QED) is 0.745. The fourth-order valence-electron chi connectivity index (χ4n) is 4.02. The maximum absolute atomic E-state index is 12.9. The number of carbonyl (C=O) groups excluding carboxylic acids is 3. The Kier molecular flexibility index (Phi) is 4.96. The van der Waals surface area contributed by atoms with Crippen LogP contribution in [-0.4, -0.2) is 60.9 Å². The van der Waals surface area contributed by atoms with E-state index in [1.165, 1.54) is 12.0 Å². The lowest BCUT2D eigenvalue weighted by atomic mass is 10.0. The highest BCUT2D eigenvalue weighted by atomic mass is 16.5. The first kappa shape index (κ1) is 19.0. The van der Waals surface area contributed by atoms with Crippen molar-refractivity contribution in [1.82, 2.24) is 9.80 Å². The monoisotopic (exact) mass is 394 g/mol. The summed E-state index contributed by atoms with van der Waals surface area (Å²) in [6.07, 6.45) is 1.12. The molecule has 0 aromatic heterocycles. The van der Waals surface area contributed by atoms with E-state index in [4.69, 9.17) is 9.47 Å². The molecule has 0 radical (unpaired) electrons. The second-order valence-electron chi connectivity index (χ2n) is 7.12. The number of likely N-dealkylation sites (tertiary alicyclic amines) is 1. The Hall–Kier alpha value is -3.35. The van der Waals surface area contributed by atoms with Crippen molar-refractivity contribution in [2.24, 2.45) is 0 Å². The number of amides is 3. The first-order chi connectivity index (χ1) is 14.0. The predicted molar refractivity (Wildman–Crippen MR) is 105 cm³/mol. The number of piperidine rings is 1. The minimum Gasteiger partial charge on any atom is -0.493 e. The van der Waals surface area contributed by atoms with Gasteiger partial charge in [-0.2, -0.15) is 0 Å². The molecule has 2 aliphatic rings. The number of fused-ring (bicyclic) bond motifs is 1. The molecule has 0 N–H and O–H groups in total. The number of imide groups is 1. The van der Waals surface area contributed by atoms with Gasteiger partial charge in [-0.3, -0.25) is 19.3 Å². The Balaban J connectivity index is 1.44. The van der Waals surface area contributed by atoms with E-state index >= 15 is 0 Å². The lowest BCUT2D eigenvalue weighted by Crippen LogP contribution is -2.48. The third kappa shape index (κ3) is 3.22. The standard InChI is InChI=1S/C22H22N2O5/c1-28-18-8-7-14(13-19(18)29-2)20(25)23-11-9-15(10-12-23)24-21(26)16-5-3-4-6-17(16)22(24)27/h3-8,13,15H,9-12H2,1-2H3. The normalized spacial score (nSPS) is 16.8. The number of benzene rings is 2. The summed E-state index contributed by atoms with van der Waals surface area (Å²) in [7, 11) is 3.07. The molecule has 0 saturated carbocycles. The summed E-state index contributed by atoms with van der Waals surface area (Å²) in [5, 5.41) is 0. The molecule has 2 heterocycles. The lowest BCUT2D eigenvalue weighted by Gasteiger charge is -2.35. The van der Waals surface area contributed by atoms with Gasteiger partial charge in [0.2, 0.25) is 0 Å². The van der Waals surface area contributed by atoms with Crippen LogP contribution in [0.15, 0.2) is 42.5 Å². The van der Waals surface area contributed by atoms with Crippen molar-refractivity contribution < 1.29 is 23.9 Å². The van der Waals surface area contributed by atoms with Crippen molar-refractivity contribution in [2.45, 2.75) is 18.9 Å². The molecule has 0 bridgehead atoms. The highest BCUT2D eigenvalue weighted by Gasteiger charge is 2.41. The molecule has 0 unspecified atom stereocenters. The van der Waals surface area contributed by atoms with Gasteiger partial charge in [0, 0.05) is 24.7 Å². The average molecular weight is 394 g/mol. The van der Waals surface area contributed by atoms with Gasteiger partial charge in [-0.1, -0.05) is 12.1 Å². The van der Waals surface area contributed by atoms with Crippen molar-refractivity contribution in [3.05, 3.63) is 59.2 Å². The van der Waals surface area contributed by atoms with Crippen LogP contribution in [0.4, 0.5) is 0 Å². The Bertz CT molecular complexity index is 944. The van der Waals surface area contributed by atoms with Crippen LogP contribution in [0.5, 0.6) is 11.5 Å². The number of hydrogen-bond acceptors (Lipinski definition) is 5. The number of rotatable bonds is 4. The largest absolute Gasteiger partial charge is 0.493 e. The van der Waals surface area contributed by atoms with E-state index in [1.54, 1.807) is 54.5 Å². The molecular weight excluding hydrogens is 372 g/mol. The summed E-state index contributed by atoms with van der Waals surface area (Å²) in [5.74, 6) is 0.477. The van der Waals surface area contributed by atoms with Crippen molar-refractivity contribution in [2.75, 3.05) is 27.3 Å². The smallest absolute Gasteiger partial charge is 0.261 e. The molecule has 7 nitrogen and oxygen atoms in total. The number of nitrogens with zero attached hydrogens (tertiary/aromatic N) is 2. The third-order valence-corrected chi connectivity index (χ3v) is 5.57. The molecule has 0 spiro atoms. The van der Waals surface area contributed by atoms with Gasteiger partial charge in [-0.05, 0) is 43.2 Å². The minimum atomic E-state index is -0.240. The highest BCUT2D eigenvalue weighted by molar-refractivity contribution is 6.21. The van der Waals surface area contributed by atoms with E-state index in [0.717, 1.165) is 0 Å². The van der Waals surface area contributed by atoms with Gasteiger partial charge in [-0.25, -0.2) is 0 Å². The third-order valence-electron chi connectivity index (χ3n) is 5.57. The molecule has 150 valence electrons. The van der Waals surface area contributed by atoms with Gasteiger partial charge in [0.15, 0.2) is 11.5 Å². The van der Waals surface area contributed by atoms with Crippen molar-refractivity contribution in [3.63, 3.8) is 0 Å². The van der Waals surface area contributed by atoms with E-state index in [2.05, 4.69) is 0 Å². The van der Waals surface area contributed by atoms with E-state index in [9.17, 15) is 14.4 Å². The van der Waals surface area contributed by atoms with Gasteiger partial charge in [-0.15, -0.1) is 0 Å². The Morgan fingerprint density at radius 2 is 1.48 bits per heavy atom. The van der Waals surface area contributed by atoms with Gasteiger partial charge in [0.1, 0.15) is 0 Å². The van der Waals surface area contributed by atoms with Crippen LogP contribution >= 0.6 is 0 Å². The number of methoxy groups -OCH3 is 2. The molecule has 0 atom stereocenters. The SMILES string of the molecule is COc1ccc(C(=O)N2CCC(N3C(=O)c4ccccc4C3=O)CC2)cc1OC. The molecule has 2 aromatic carbocycles. The second kappa shape index (κ2) is 7.58. The summed E-state index contributed by atoms with van der Waals surface area (Å²) in [5.41, 5.74) is 1.43. The zero-order valence-electron chi connectivity index (χ0n) is 16.4. The zero-order chi connectivity index (χ0) is 20.5. The Morgan fingerprint density at radius 3 is 2.03 bits per heavy atom. The molecule has 2 aliphatic heterocycles. The molecule has 3 amide bonds. The first-order valence-corrected chi connectivity index (χ1v) is 9.53. The van der Waals surface area contributed by atoms with Gasteiger partial charge in [0.25, 0.3) is 17.7 Å². The lowest BCUT2D eigenvalue weighted by molar-refractivity contribution is 0.0478. The zero-order valence-corrected chi connectivity index (χ0v) is 16.4. The maximum Gasteiger partial charge on any atom is 0.261 e. The molecule has 4 rings (SSSR count). The summed E-state index contributed by atoms with van der Waals surface area (Å²) in [6, 6.07) is 11.8. The van der Waals surface area contributed by atoms with Crippen LogP contribution in [0.25, 0.3) is 0 Å². The summed E-state index contributed by atoms with van der Waals surface area (Å²) in [4.78, 5) is 41.3. The van der Waals surface area contributed by atoms with Gasteiger partial charge < -0.3 is 14.4 Å². The van der Waals surface area contributed by atoms with E-state index < -0.39 is 0 Å². The highest BCUT2D eigenvalue weighted by Crippen LogP contribution is 2.30. The number of hydrogen-bond donors (Lipinski definition) is 0. The van der Waals surface area contributed by atoms with Crippen molar-refractivity contribution >= 4 is 17.7 Å². The topological polar surface area (TPSA) is 76.2 Å². The summed E-state index contributed by atoms with van der Waals surface area (Å²) in [6.45, 7) is 0.955. The van der Waals surface area contributed by atoms with Gasteiger partial charge in [0.05, 0.1) is 25.3 Å². The fraction of sp³-hybridized carbons (Fsp3) is 0.318. The summed E-state index contributed by atoms with van der Waals surface area (Å²) >= 11 is 0. The van der Waals surface area contributed by atoms with Crippen LogP contribution in [0.1, 0.15) is 43.9 Å². The molecule has 2 aromatic rings. The Morgan fingerprint density at radius 1 is 0.897 bits per heavy atom. The van der Waals surface area contributed by atoms with Crippen LogP contribution in [-0.2, 0) is 0 Å². The molecule has 29 heavy (non-hydrogen) atoms. The predicted octanol–water partition coefficient (Wildman–Crippen LogP) is 2.60. The van der Waals surface area contributed by atoms with E-state index in [0.29, 0.717) is 54.1 Å². The van der Waals surface area contributed by atoms with Crippen molar-refractivity contribution in [3.8, 4) is 11.5 Å². The Labute approximate surface area is 168 Å². The number of ether oxygens (including phenoxy) is 2. The molecular formula is C22H22N2O5. The van der Waals surface area contributed by atoms with Crippen LogP contribution in [0, 0.1) is 0 Å². The van der Waals surface area contributed by atoms with Gasteiger partial charge >= 0.3 is 0 Å². The second-order valence-corrected chi connectivity index (χ2v) is 7.12. The van der Waals surface area contributed by atoms with E-state index in [-0.39, 0.29) is 23.8 Å². The molecule has 1 saturated heterocycles. The van der Waals surface area contributed by atoms with Crippen LogP contribution in [0.3, 0.4) is 0 Å². The average Bonchev–Trinajstić information content (AvgIpc) is 3.03. The van der Waals surface area contributed by atoms with Crippen LogP contribution in [0.2, 0.25) is 0 Å². The van der Waals surface area contributed by atoms with Crippen LogP contribution < -0.4 is 9.47 Å².